The highest BCUT2D eigenvalue weighted by Crippen LogP contribution is 2.31. The van der Waals surface area contributed by atoms with Crippen LogP contribution in [0.1, 0.15) is 51.9 Å². The highest BCUT2D eigenvalue weighted by molar-refractivity contribution is 9.10. The first kappa shape index (κ1) is 25.2. The smallest absolute Gasteiger partial charge is 0.320 e. The van der Waals surface area contributed by atoms with Gasteiger partial charge in [0.15, 0.2) is 0 Å². The second-order valence-corrected chi connectivity index (χ2v) is 7.68. The summed E-state index contributed by atoms with van der Waals surface area (Å²) in [7, 11) is 1.73. The van der Waals surface area contributed by atoms with Crippen LogP contribution < -0.4 is 11.6 Å². The molecule has 2 amide bonds. The third-order valence-corrected chi connectivity index (χ3v) is 5.57. The number of amides is 2. The van der Waals surface area contributed by atoms with E-state index in [1.807, 2.05) is 51.7 Å². The third kappa shape index (κ3) is 6.89. The number of carbonyl (C=O) groups is 1. The number of aryl methyl sites for hydroxylation is 1. The quantitative estimate of drug-likeness (QED) is 0.489. The van der Waals surface area contributed by atoms with Crippen molar-refractivity contribution in [3.63, 3.8) is 0 Å². The summed E-state index contributed by atoms with van der Waals surface area (Å²) >= 11 is 3.44. The first-order chi connectivity index (χ1) is 13.9. The fourth-order valence-electron chi connectivity index (χ4n) is 2.97. The van der Waals surface area contributed by atoms with Crippen molar-refractivity contribution in [3.05, 3.63) is 33.7 Å². The van der Waals surface area contributed by atoms with Crippen LogP contribution in [0.4, 0.5) is 4.79 Å². The molecule has 1 aliphatic heterocycles. The van der Waals surface area contributed by atoms with Gasteiger partial charge in [0.25, 0.3) is 0 Å². The van der Waals surface area contributed by atoms with Crippen LogP contribution in [0.3, 0.4) is 0 Å². The number of halogens is 1. The average molecular weight is 469 g/mol. The van der Waals surface area contributed by atoms with Crippen LogP contribution in [0.15, 0.2) is 22.3 Å². The molecule has 0 aromatic carbocycles. The van der Waals surface area contributed by atoms with Crippen LogP contribution >= 0.6 is 15.9 Å². The second kappa shape index (κ2) is 12.0. The van der Waals surface area contributed by atoms with Crippen molar-refractivity contribution in [1.29, 1.82) is 0 Å². The minimum atomic E-state index is 0.0685. The maximum absolute atomic E-state index is 12.6. The summed E-state index contributed by atoms with van der Waals surface area (Å²) in [5.41, 5.74) is 9.04. The highest BCUT2D eigenvalue weighted by atomic mass is 79.9. The number of nitrogens with zero attached hydrogens (tertiary/aromatic N) is 4. The van der Waals surface area contributed by atoms with Crippen molar-refractivity contribution in [2.45, 2.75) is 47.5 Å². The van der Waals surface area contributed by atoms with Crippen LogP contribution in [0.5, 0.6) is 0 Å². The Morgan fingerprint density at radius 2 is 1.79 bits per heavy atom. The number of aromatic nitrogens is 1. The Kier molecular flexibility index (Phi) is 10.5. The average Bonchev–Trinajstić information content (AvgIpc) is 3.48. The normalized spacial score (nSPS) is 16.5. The molecule has 1 aromatic rings. The number of urea groups is 1. The second-order valence-electron chi connectivity index (χ2n) is 6.83. The third-order valence-electron chi connectivity index (χ3n) is 4.73. The Balaban J connectivity index is 0.000000989. The Morgan fingerprint density at radius 3 is 2.31 bits per heavy atom. The first-order valence-electron chi connectivity index (χ1n) is 10.5. The molecule has 0 unspecified atom stereocenters. The van der Waals surface area contributed by atoms with E-state index < -0.39 is 0 Å². The summed E-state index contributed by atoms with van der Waals surface area (Å²) in [6.07, 6.45) is 2.48. The van der Waals surface area contributed by atoms with Crippen LogP contribution in [0.2, 0.25) is 0 Å². The molecule has 1 saturated heterocycles. The number of likely N-dealkylation sites (N-methyl/N-ethyl adjacent to an activating group) is 1. The molecule has 0 radical (unpaired) electrons. The van der Waals surface area contributed by atoms with E-state index in [9.17, 15) is 4.79 Å². The van der Waals surface area contributed by atoms with Gasteiger partial charge in [-0.1, -0.05) is 27.7 Å². The molecule has 0 bridgehead atoms. The van der Waals surface area contributed by atoms with Gasteiger partial charge in [-0.3, -0.25) is 4.98 Å². The molecule has 0 atom stereocenters. The largest absolute Gasteiger partial charge is 0.395 e. The summed E-state index contributed by atoms with van der Waals surface area (Å²) in [4.78, 5) is 20.8. The number of carbonyl (C=O) groups excluding carboxylic acids is 1. The number of pyridine rings is 1. The van der Waals surface area contributed by atoms with E-state index in [1.165, 1.54) is 17.9 Å². The topological polar surface area (TPSA) is 91.7 Å². The summed E-state index contributed by atoms with van der Waals surface area (Å²) in [5.74, 6) is 6.69. The molecular formula is C21H37BrN6O. The van der Waals surface area contributed by atoms with E-state index in [2.05, 4.69) is 20.9 Å². The molecule has 4 N–H and O–H groups in total. The maximum Gasteiger partial charge on any atom is 0.320 e. The Labute approximate surface area is 184 Å². The summed E-state index contributed by atoms with van der Waals surface area (Å²) in [6.45, 7) is 12.6. The van der Waals surface area contributed by atoms with Crippen LogP contribution in [-0.4, -0.2) is 59.1 Å². The first-order valence-corrected chi connectivity index (χ1v) is 11.3. The van der Waals surface area contributed by atoms with Gasteiger partial charge in [-0.15, -0.1) is 0 Å². The zero-order valence-electron chi connectivity index (χ0n) is 18.7. The van der Waals surface area contributed by atoms with Crippen LogP contribution in [-0.2, 0) is 0 Å². The molecule has 8 heteroatoms. The van der Waals surface area contributed by atoms with Gasteiger partial charge in [0.2, 0.25) is 0 Å². The summed E-state index contributed by atoms with van der Waals surface area (Å²) in [5, 5.41) is 1.48. The van der Waals surface area contributed by atoms with Crippen molar-refractivity contribution in [2.24, 2.45) is 17.5 Å². The molecule has 3 rings (SSSR count). The van der Waals surface area contributed by atoms with Crippen molar-refractivity contribution in [2.75, 3.05) is 33.2 Å². The van der Waals surface area contributed by atoms with E-state index >= 15 is 0 Å². The summed E-state index contributed by atoms with van der Waals surface area (Å²) in [6, 6.07) is 3.83. The molecule has 29 heavy (non-hydrogen) atoms. The Bertz CT molecular complexity index is 702. The fourth-order valence-corrected chi connectivity index (χ4v) is 3.19. The molecular weight excluding hydrogens is 432 g/mol. The molecule has 0 spiro atoms. The van der Waals surface area contributed by atoms with Crippen molar-refractivity contribution in [3.8, 4) is 0 Å². The minimum absolute atomic E-state index is 0.0685. The van der Waals surface area contributed by atoms with Gasteiger partial charge in [0.05, 0.1) is 29.3 Å². The van der Waals surface area contributed by atoms with E-state index in [0.29, 0.717) is 36.1 Å². The van der Waals surface area contributed by atoms with Crippen molar-refractivity contribution >= 4 is 27.7 Å². The van der Waals surface area contributed by atoms with Gasteiger partial charge >= 0.3 is 6.03 Å². The molecule has 164 valence electrons. The predicted molar refractivity (Wildman–Crippen MR) is 124 cm³/mol. The highest BCUT2D eigenvalue weighted by Gasteiger charge is 2.34. The Hall–Kier alpha value is -1.80. The van der Waals surface area contributed by atoms with Crippen molar-refractivity contribution in [1.82, 2.24) is 19.8 Å². The fraction of sp³-hybridized carbons (Fsp3) is 0.619. The van der Waals surface area contributed by atoms with E-state index in [4.69, 9.17) is 11.6 Å². The van der Waals surface area contributed by atoms with Gasteiger partial charge in [0.1, 0.15) is 0 Å². The van der Waals surface area contributed by atoms with E-state index in [-0.39, 0.29) is 6.03 Å². The van der Waals surface area contributed by atoms with Crippen molar-refractivity contribution < 1.29 is 4.79 Å². The summed E-state index contributed by atoms with van der Waals surface area (Å²) < 4.78 is 0.928. The lowest BCUT2D eigenvalue weighted by atomic mass is 10.2. The lowest BCUT2D eigenvalue weighted by Crippen LogP contribution is -2.39. The van der Waals surface area contributed by atoms with Crippen LogP contribution in [0.25, 0.3) is 5.70 Å². The molecule has 2 fully saturated rings. The Morgan fingerprint density at radius 1 is 1.21 bits per heavy atom. The maximum atomic E-state index is 12.6. The number of hydrazine groups is 1. The van der Waals surface area contributed by atoms with E-state index in [1.54, 1.807) is 11.9 Å². The molecule has 1 aliphatic carbocycles. The lowest BCUT2D eigenvalue weighted by Gasteiger charge is -2.25. The SMILES string of the molecule is CC.CC.Cc1nc(/C(N)=C(\CN2CCN(CC3CC3)C2=O)N(C)N)ccc1Br. The monoisotopic (exact) mass is 468 g/mol. The van der Waals surface area contributed by atoms with Gasteiger partial charge < -0.3 is 20.5 Å². The van der Waals surface area contributed by atoms with Crippen LogP contribution in [0, 0.1) is 12.8 Å². The zero-order valence-corrected chi connectivity index (χ0v) is 20.3. The molecule has 1 saturated carbocycles. The lowest BCUT2D eigenvalue weighted by molar-refractivity contribution is 0.190. The molecule has 7 nitrogen and oxygen atoms in total. The molecule has 1 aromatic heterocycles. The number of hydrogen-bond acceptors (Lipinski definition) is 5. The van der Waals surface area contributed by atoms with Gasteiger partial charge in [-0.2, -0.15) is 0 Å². The predicted octanol–water partition coefficient (Wildman–Crippen LogP) is 3.79. The van der Waals surface area contributed by atoms with Gasteiger partial charge in [0, 0.05) is 31.2 Å². The van der Waals surface area contributed by atoms with Gasteiger partial charge in [-0.05, 0) is 53.7 Å². The molecule has 2 heterocycles. The number of nitrogens with two attached hydrogens (primary N) is 2. The standard InChI is InChI=1S/C17H25BrN6O.2C2H6/c1-11-13(18)5-6-14(21-11)16(19)15(22(2)20)10-24-8-7-23(17(24)25)9-12-3-4-12;2*1-2/h5-6,12H,3-4,7-10,19-20H2,1-2H3;2*1-2H3/b16-15-;;. The zero-order chi connectivity index (χ0) is 22.1. The minimum Gasteiger partial charge on any atom is -0.395 e. The van der Waals surface area contributed by atoms with E-state index in [0.717, 1.165) is 23.3 Å². The van der Waals surface area contributed by atoms with Gasteiger partial charge in [-0.25, -0.2) is 10.6 Å². The number of rotatable bonds is 6. The number of hydrogen-bond donors (Lipinski definition) is 2. The molecule has 2 aliphatic rings.